The molecule has 0 aromatic carbocycles. The third-order valence-electron chi connectivity index (χ3n) is 1.43. The van der Waals surface area contributed by atoms with Crippen LogP contribution in [-0.4, -0.2) is 30.9 Å². The highest BCUT2D eigenvalue weighted by Gasteiger charge is 2.70. The van der Waals surface area contributed by atoms with E-state index in [-0.39, 0.29) is 12.4 Å². The molecule has 0 saturated heterocycles. The van der Waals surface area contributed by atoms with E-state index in [2.05, 4.69) is 11.5 Å². The van der Waals surface area contributed by atoms with Crippen molar-refractivity contribution < 1.29 is 26.3 Å². The van der Waals surface area contributed by atoms with Crippen molar-refractivity contribution >= 4 is 12.4 Å². The third-order valence-corrected chi connectivity index (χ3v) is 1.43. The molecule has 0 aliphatic heterocycles. The summed E-state index contributed by atoms with van der Waals surface area (Å²) in [7, 11) is 0. The molecule has 0 saturated carbocycles. The van der Waals surface area contributed by atoms with Crippen molar-refractivity contribution in [2.24, 2.45) is 11.5 Å². The number of alkyl halides is 6. The minimum Gasteiger partial charge on any atom is -0.325 e. The summed E-state index contributed by atoms with van der Waals surface area (Å²) in [6, 6.07) is 0. The van der Waals surface area contributed by atoms with E-state index in [4.69, 9.17) is 0 Å². The standard InChI is InChI=1S/C5H8F6N2.ClH/c6-3(7,1-12)5(10,11)4(8,9)2-13;/h1-2,12-13H2;1H. The van der Waals surface area contributed by atoms with Crippen LogP contribution >= 0.6 is 12.4 Å². The summed E-state index contributed by atoms with van der Waals surface area (Å²) in [5, 5.41) is 0. The second-order valence-electron chi connectivity index (χ2n) is 2.39. The molecular weight excluding hydrogens is 238 g/mol. The highest BCUT2D eigenvalue weighted by atomic mass is 35.5. The molecule has 0 atom stereocenters. The normalized spacial score (nSPS) is 13.7. The van der Waals surface area contributed by atoms with Gasteiger partial charge in [-0.25, -0.2) is 0 Å². The van der Waals surface area contributed by atoms with Crippen molar-refractivity contribution in [1.82, 2.24) is 0 Å². The highest BCUT2D eigenvalue weighted by molar-refractivity contribution is 5.85. The molecule has 88 valence electrons. The average Bonchev–Trinajstić information content (AvgIpc) is 2.03. The first-order chi connectivity index (χ1) is 5.62. The van der Waals surface area contributed by atoms with E-state index in [1.165, 1.54) is 0 Å². The van der Waals surface area contributed by atoms with E-state index in [9.17, 15) is 26.3 Å². The first kappa shape index (κ1) is 16.2. The molecule has 0 amide bonds. The van der Waals surface area contributed by atoms with Gasteiger partial charge < -0.3 is 11.5 Å². The molecule has 14 heavy (non-hydrogen) atoms. The SMILES string of the molecule is Cl.NCC(F)(F)C(F)(F)C(F)(F)CN. The largest absolute Gasteiger partial charge is 0.374 e. The van der Waals surface area contributed by atoms with Gasteiger partial charge in [-0.3, -0.25) is 0 Å². The van der Waals surface area contributed by atoms with Crippen LogP contribution in [0.5, 0.6) is 0 Å². The second kappa shape index (κ2) is 4.54. The van der Waals surface area contributed by atoms with E-state index in [1.54, 1.807) is 0 Å². The number of rotatable bonds is 4. The van der Waals surface area contributed by atoms with Crippen LogP contribution in [0.2, 0.25) is 0 Å². The van der Waals surface area contributed by atoms with Crippen LogP contribution in [0.4, 0.5) is 26.3 Å². The number of nitrogens with two attached hydrogens (primary N) is 2. The monoisotopic (exact) mass is 246 g/mol. The fourth-order valence-corrected chi connectivity index (χ4v) is 0.524. The quantitative estimate of drug-likeness (QED) is 0.733. The Hall–Kier alpha value is -0.210. The maximum Gasteiger partial charge on any atom is 0.374 e. The van der Waals surface area contributed by atoms with Gasteiger partial charge in [0.05, 0.1) is 13.1 Å². The van der Waals surface area contributed by atoms with Crippen LogP contribution in [0, 0.1) is 0 Å². The van der Waals surface area contributed by atoms with E-state index in [0.717, 1.165) is 0 Å². The Morgan fingerprint density at radius 1 is 0.714 bits per heavy atom. The van der Waals surface area contributed by atoms with Gasteiger partial charge in [0.1, 0.15) is 0 Å². The van der Waals surface area contributed by atoms with Crippen molar-refractivity contribution in [3.63, 3.8) is 0 Å². The van der Waals surface area contributed by atoms with Crippen molar-refractivity contribution in [1.29, 1.82) is 0 Å². The smallest absolute Gasteiger partial charge is 0.325 e. The van der Waals surface area contributed by atoms with Gasteiger partial charge in [-0.2, -0.15) is 26.3 Å². The third kappa shape index (κ3) is 2.43. The van der Waals surface area contributed by atoms with Crippen LogP contribution in [0.1, 0.15) is 0 Å². The van der Waals surface area contributed by atoms with Crippen LogP contribution in [0.25, 0.3) is 0 Å². The Morgan fingerprint density at radius 2 is 0.929 bits per heavy atom. The van der Waals surface area contributed by atoms with Crippen molar-refractivity contribution in [2.45, 2.75) is 17.8 Å². The van der Waals surface area contributed by atoms with Gasteiger partial charge in [0.15, 0.2) is 0 Å². The molecule has 4 N–H and O–H groups in total. The zero-order valence-electron chi connectivity index (χ0n) is 6.74. The van der Waals surface area contributed by atoms with E-state index in [1.807, 2.05) is 0 Å². The molecule has 0 unspecified atom stereocenters. The number of hydrogen-bond donors (Lipinski definition) is 2. The van der Waals surface area contributed by atoms with Crippen LogP contribution in [0.15, 0.2) is 0 Å². The fourth-order valence-electron chi connectivity index (χ4n) is 0.524. The summed E-state index contributed by atoms with van der Waals surface area (Å²) in [5.74, 6) is -15.4. The Balaban J connectivity index is 0. The Kier molecular flexibility index (Phi) is 5.26. The zero-order valence-corrected chi connectivity index (χ0v) is 7.56. The average molecular weight is 247 g/mol. The van der Waals surface area contributed by atoms with Gasteiger partial charge in [0.2, 0.25) is 0 Å². The molecule has 0 heterocycles. The van der Waals surface area contributed by atoms with Crippen LogP contribution < -0.4 is 11.5 Å². The van der Waals surface area contributed by atoms with Gasteiger partial charge in [-0.05, 0) is 0 Å². The predicted molar refractivity (Wildman–Crippen MR) is 40.2 cm³/mol. The Morgan fingerprint density at radius 3 is 1.07 bits per heavy atom. The summed E-state index contributed by atoms with van der Waals surface area (Å²) < 4.78 is 73.5. The molecule has 0 aliphatic rings. The van der Waals surface area contributed by atoms with E-state index >= 15 is 0 Å². The summed E-state index contributed by atoms with van der Waals surface area (Å²) in [6.45, 7) is -3.73. The van der Waals surface area contributed by atoms with Gasteiger partial charge in [0, 0.05) is 0 Å². The summed E-state index contributed by atoms with van der Waals surface area (Å²) in [5.41, 5.74) is 8.48. The molecule has 0 rings (SSSR count). The lowest BCUT2D eigenvalue weighted by molar-refractivity contribution is -0.301. The molecule has 0 bridgehead atoms. The van der Waals surface area contributed by atoms with Gasteiger partial charge >= 0.3 is 17.8 Å². The molecule has 0 radical (unpaired) electrons. The van der Waals surface area contributed by atoms with Crippen molar-refractivity contribution in [3.8, 4) is 0 Å². The van der Waals surface area contributed by atoms with Gasteiger partial charge in [-0.1, -0.05) is 0 Å². The Labute approximate surface area is 82.0 Å². The molecule has 0 aromatic heterocycles. The lowest BCUT2D eigenvalue weighted by Gasteiger charge is -2.31. The minimum atomic E-state index is -5.52. The predicted octanol–water partition coefficient (Wildman–Crippen LogP) is 1.23. The topological polar surface area (TPSA) is 52.0 Å². The van der Waals surface area contributed by atoms with Crippen molar-refractivity contribution in [3.05, 3.63) is 0 Å². The number of halogens is 7. The molecule has 0 fully saturated rings. The van der Waals surface area contributed by atoms with Crippen LogP contribution in [0.3, 0.4) is 0 Å². The first-order valence-corrected chi connectivity index (χ1v) is 3.16. The van der Waals surface area contributed by atoms with Crippen molar-refractivity contribution in [2.75, 3.05) is 13.1 Å². The molecule has 9 heteroatoms. The lowest BCUT2D eigenvalue weighted by atomic mass is 10.1. The molecule has 2 nitrogen and oxygen atoms in total. The summed E-state index contributed by atoms with van der Waals surface area (Å²) >= 11 is 0. The van der Waals surface area contributed by atoms with Crippen LogP contribution in [-0.2, 0) is 0 Å². The highest BCUT2D eigenvalue weighted by Crippen LogP contribution is 2.44. The maximum atomic E-state index is 12.3. The fraction of sp³-hybridized carbons (Fsp3) is 1.00. The minimum absolute atomic E-state index is 0. The Bertz CT molecular complexity index is 167. The molecular formula is C5H9ClF6N2. The van der Waals surface area contributed by atoms with E-state index in [0.29, 0.717) is 0 Å². The van der Waals surface area contributed by atoms with E-state index < -0.39 is 30.9 Å². The lowest BCUT2D eigenvalue weighted by Crippen LogP contribution is -2.59. The molecule has 0 aromatic rings. The number of hydrogen-bond acceptors (Lipinski definition) is 2. The van der Waals surface area contributed by atoms with Gasteiger partial charge in [0.25, 0.3) is 0 Å². The maximum absolute atomic E-state index is 12.3. The summed E-state index contributed by atoms with van der Waals surface area (Å²) in [6.07, 6.45) is 0. The summed E-state index contributed by atoms with van der Waals surface area (Å²) in [4.78, 5) is 0. The first-order valence-electron chi connectivity index (χ1n) is 3.16. The molecule has 0 spiro atoms. The zero-order chi connectivity index (χ0) is 10.9. The second-order valence-corrected chi connectivity index (χ2v) is 2.39. The molecule has 0 aliphatic carbocycles. The van der Waals surface area contributed by atoms with Gasteiger partial charge in [-0.15, -0.1) is 12.4 Å².